The molecule has 3 rings (SSSR count). The van der Waals surface area contributed by atoms with Gasteiger partial charge in [0.15, 0.2) is 0 Å². The van der Waals surface area contributed by atoms with E-state index in [1.807, 2.05) is 12.1 Å². The van der Waals surface area contributed by atoms with E-state index in [0.717, 1.165) is 47.8 Å². The van der Waals surface area contributed by atoms with Gasteiger partial charge in [0.25, 0.3) is 0 Å². The first-order valence-electron chi connectivity index (χ1n) is 6.18. The normalized spacial score (nSPS) is 20.1. The van der Waals surface area contributed by atoms with Gasteiger partial charge in [-0.2, -0.15) is 8.75 Å². The van der Waals surface area contributed by atoms with Gasteiger partial charge in [0, 0.05) is 19.0 Å². The number of carbonyl (C=O) groups is 1. The van der Waals surface area contributed by atoms with Crippen LogP contribution in [0, 0.1) is 0 Å². The van der Waals surface area contributed by atoms with E-state index in [1.165, 1.54) is 0 Å². The van der Waals surface area contributed by atoms with E-state index in [-0.39, 0.29) is 11.9 Å². The van der Waals surface area contributed by atoms with Crippen molar-refractivity contribution >= 4 is 46.0 Å². The molecule has 1 aliphatic rings. The summed E-state index contributed by atoms with van der Waals surface area (Å²) < 4.78 is 8.47. The van der Waals surface area contributed by atoms with E-state index in [2.05, 4.69) is 19.4 Å². The molecule has 1 fully saturated rings. The van der Waals surface area contributed by atoms with Gasteiger partial charge in [-0.3, -0.25) is 4.79 Å². The third-order valence-electron chi connectivity index (χ3n) is 3.21. The molecule has 1 aromatic carbocycles. The third kappa shape index (κ3) is 2.64. The number of hydrogen-bond donors (Lipinski definition) is 2. The number of nitrogens with one attached hydrogen (secondary N) is 2. The Morgan fingerprint density at radius 3 is 3.21 bits per heavy atom. The van der Waals surface area contributed by atoms with E-state index in [1.54, 1.807) is 0 Å². The Hall–Kier alpha value is -1.40. The lowest BCUT2D eigenvalue weighted by molar-refractivity contribution is -0.120. The molecule has 0 saturated carbocycles. The topological polar surface area (TPSA) is 66.9 Å². The molecule has 5 nitrogen and oxygen atoms in total. The van der Waals surface area contributed by atoms with Gasteiger partial charge in [-0.25, -0.2) is 0 Å². The number of fused-ring (bicyclic) bond motifs is 1. The molecule has 0 bridgehead atoms. The molecular formula is C12H13ClN4OS. The fourth-order valence-corrected chi connectivity index (χ4v) is 3.02. The highest BCUT2D eigenvalue weighted by Gasteiger charge is 2.19. The zero-order valence-electron chi connectivity index (χ0n) is 10.1. The number of nitrogens with zero attached hydrogens (tertiary/aromatic N) is 2. The summed E-state index contributed by atoms with van der Waals surface area (Å²) in [5.41, 5.74) is 2.39. The molecule has 2 aromatic rings. The van der Waals surface area contributed by atoms with Gasteiger partial charge in [0.1, 0.15) is 11.0 Å². The lowest BCUT2D eigenvalue weighted by Crippen LogP contribution is -2.27. The highest BCUT2D eigenvalue weighted by Crippen LogP contribution is 2.31. The molecule has 1 aliphatic heterocycles. The molecule has 1 aromatic heterocycles. The fourth-order valence-electron chi connectivity index (χ4n) is 2.27. The highest BCUT2D eigenvalue weighted by molar-refractivity contribution is 7.00. The van der Waals surface area contributed by atoms with Gasteiger partial charge in [0.05, 0.1) is 22.4 Å². The number of carbonyl (C=O) groups excluding carboxylic acids is 1. The third-order valence-corrected chi connectivity index (χ3v) is 4.07. The maximum Gasteiger partial charge on any atom is 0.222 e. The summed E-state index contributed by atoms with van der Waals surface area (Å²) in [6.45, 7) is 0.743. The van der Waals surface area contributed by atoms with Crippen LogP contribution in [0.15, 0.2) is 12.1 Å². The summed E-state index contributed by atoms with van der Waals surface area (Å²) in [6, 6.07) is 3.75. The monoisotopic (exact) mass is 296 g/mol. The van der Waals surface area contributed by atoms with Crippen molar-refractivity contribution in [3.05, 3.63) is 17.2 Å². The van der Waals surface area contributed by atoms with Crippen molar-refractivity contribution in [2.45, 2.75) is 25.3 Å². The second kappa shape index (κ2) is 5.30. The first-order chi connectivity index (χ1) is 9.24. The molecule has 0 radical (unpaired) electrons. The number of anilines is 1. The van der Waals surface area contributed by atoms with E-state index < -0.39 is 0 Å². The van der Waals surface area contributed by atoms with Crippen molar-refractivity contribution in [1.82, 2.24) is 14.1 Å². The van der Waals surface area contributed by atoms with Crippen LogP contribution in [0.4, 0.5) is 5.69 Å². The molecule has 19 heavy (non-hydrogen) atoms. The minimum atomic E-state index is 0.0784. The van der Waals surface area contributed by atoms with Gasteiger partial charge in [-0.05, 0) is 25.0 Å². The Bertz CT molecular complexity index is 615. The molecule has 100 valence electrons. The summed E-state index contributed by atoms with van der Waals surface area (Å²) in [4.78, 5) is 11.6. The largest absolute Gasteiger partial charge is 0.379 e. The van der Waals surface area contributed by atoms with Crippen LogP contribution in [0.25, 0.3) is 11.0 Å². The Balaban J connectivity index is 1.89. The van der Waals surface area contributed by atoms with Crippen molar-refractivity contribution in [3.63, 3.8) is 0 Å². The molecule has 0 aliphatic carbocycles. The quantitative estimate of drug-likeness (QED) is 0.893. The smallest absolute Gasteiger partial charge is 0.222 e. The SMILES string of the molecule is O=C1CC(Nc2c(Cl)ccc3nsnc23)CCCN1. The lowest BCUT2D eigenvalue weighted by Gasteiger charge is -2.17. The van der Waals surface area contributed by atoms with Gasteiger partial charge >= 0.3 is 0 Å². The number of aromatic nitrogens is 2. The number of rotatable bonds is 2. The standard InChI is InChI=1S/C12H13ClN4OS/c13-8-3-4-9-12(17-19-16-9)11(8)15-7-2-1-5-14-10(18)6-7/h3-4,7,15H,1-2,5-6H2,(H,14,18). The van der Waals surface area contributed by atoms with E-state index in [9.17, 15) is 4.79 Å². The molecule has 1 saturated heterocycles. The van der Waals surface area contributed by atoms with Gasteiger partial charge in [0.2, 0.25) is 5.91 Å². The average molecular weight is 297 g/mol. The van der Waals surface area contributed by atoms with Crippen molar-refractivity contribution in [2.24, 2.45) is 0 Å². The molecule has 2 heterocycles. The summed E-state index contributed by atoms with van der Waals surface area (Å²) in [6.07, 6.45) is 2.36. The maximum absolute atomic E-state index is 11.6. The zero-order valence-corrected chi connectivity index (χ0v) is 11.7. The van der Waals surface area contributed by atoms with Gasteiger partial charge in [-0.1, -0.05) is 11.6 Å². The highest BCUT2D eigenvalue weighted by atomic mass is 35.5. The fraction of sp³-hybridized carbons (Fsp3) is 0.417. The first kappa shape index (κ1) is 12.6. The molecule has 2 N–H and O–H groups in total. The lowest BCUT2D eigenvalue weighted by atomic mass is 10.1. The van der Waals surface area contributed by atoms with Crippen LogP contribution in [0.1, 0.15) is 19.3 Å². The second-order valence-electron chi connectivity index (χ2n) is 4.59. The molecule has 1 atom stereocenters. The van der Waals surface area contributed by atoms with Crippen LogP contribution >= 0.6 is 23.3 Å². The molecule has 0 spiro atoms. The minimum absolute atomic E-state index is 0.0784. The summed E-state index contributed by atoms with van der Waals surface area (Å²) >= 11 is 7.39. The average Bonchev–Trinajstić information content (AvgIpc) is 2.77. The van der Waals surface area contributed by atoms with Crippen molar-refractivity contribution in [1.29, 1.82) is 0 Å². The van der Waals surface area contributed by atoms with Crippen LogP contribution in [-0.4, -0.2) is 27.2 Å². The van der Waals surface area contributed by atoms with E-state index >= 15 is 0 Å². The predicted octanol–water partition coefficient (Wildman–Crippen LogP) is 2.43. The molecular weight excluding hydrogens is 284 g/mol. The maximum atomic E-state index is 11.6. The van der Waals surface area contributed by atoms with Crippen molar-refractivity contribution < 1.29 is 4.79 Å². The Labute approximate surface area is 119 Å². The first-order valence-corrected chi connectivity index (χ1v) is 7.29. The van der Waals surface area contributed by atoms with Crippen LogP contribution < -0.4 is 10.6 Å². The van der Waals surface area contributed by atoms with Crippen LogP contribution in [-0.2, 0) is 4.79 Å². The summed E-state index contributed by atoms with van der Waals surface area (Å²) in [5.74, 6) is 0.0784. The zero-order chi connectivity index (χ0) is 13.2. The van der Waals surface area contributed by atoms with Gasteiger partial charge < -0.3 is 10.6 Å². The summed E-state index contributed by atoms with van der Waals surface area (Å²) in [7, 11) is 0. The molecule has 1 amide bonds. The minimum Gasteiger partial charge on any atom is -0.379 e. The van der Waals surface area contributed by atoms with Crippen molar-refractivity contribution in [2.75, 3.05) is 11.9 Å². The van der Waals surface area contributed by atoms with Crippen LogP contribution in [0.2, 0.25) is 5.02 Å². The number of halogens is 1. The Kier molecular flexibility index (Phi) is 3.52. The second-order valence-corrected chi connectivity index (χ2v) is 5.53. The van der Waals surface area contributed by atoms with Crippen LogP contribution in [0.5, 0.6) is 0 Å². The number of hydrogen-bond acceptors (Lipinski definition) is 5. The number of benzene rings is 1. The van der Waals surface area contributed by atoms with Crippen LogP contribution in [0.3, 0.4) is 0 Å². The summed E-state index contributed by atoms with van der Waals surface area (Å²) in [5, 5.41) is 6.84. The van der Waals surface area contributed by atoms with Gasteiger partial charge in [-0.15, -0.1) is 0 Å². The molecule has 1 unspecified atom stereocenters. The van der Waals surface area contributed by atoms with E-state index in [0.29, 0.717) is 11.4 Å². The molecule has 7 heteroatoms. The predicted molar refractivity (Wildman–Crippen MR) is 76.7 cm³/mol. The van der Waals surface area contributed by atoms with Crippen molar-refractivity contribution in [3.8, 4) is 0 Å². The van der Waals surface area contributed by atoms with E-state index in [4.69, 9.17) is 11.6 Å². The Morgan fingerprint density at radius 1 is 1.42 bits per heavy atom. The Morgan fingerprint density at radius 2 is 2.32 bits per heavy atom. The number of amides is 1.